The minimum atomic E-state index is 0.0443. The summed E-state index contributed by atoms with van der Waals surface area (Å²) in [6.07, 6.45) is 18.7. The quantitative estimate of drug-likeness (QED) is 0.319. The molecule has 0 spiro atoms. The molecule has 26 heavy (non-hydrogen) atoms. The lowest BCUT2D eigenvalue weighted by molar-refractivity contribution is 0.0958. The maximum absolute atomic E-state index is 12.1. The van der Waals surface area contributed by atoms with Crippen molar-refractivity contribution in [3.8, 4) is 0 Å². The average Bonchev–Trinajstić information content (AvgIpc) is 3.00. The van der Waals surface area contributed by atoms with Gasteiger partial charge in [-0.05, 0) is 26.7 Å². The first-order valence-corrected chi connectivity index (χ1v) is 11.7. The van der Waals surface area contributed by atoms with Gasteiger partial charge < -0.3 is 5.32 Å². The first-order chi connectivity index (χ1) is 12.7. The lowest BCUT2D eigenvalue weighted by Gasteiger charge is -2.04. The highest BCUT2D eigenvalue weighted by atomic mass is 32.1. The Morgan fingerprint density at radius 1 is 0.846 bits per heavy atom. The molecule has 1 aromatic heterocycles. The highest BCUT2D eigenvalue weighted by molar-refractivity contribution is 7.13. The molecule has 0 fully saturated rings. The molecule has 0 saturated heterocycles. The van der Waals surface area contributed by atoms with Crippen molar-refractivity contribution >= 4 is 17.2 Å². The zero-order chi connectivity index (χ0) is 19.0. The maximum atomic E-state index is 12.1. The Balaban J connectivity index is 2.02. The second-order valence-electron chi connectivity index (χ2n) is 7.36. The summed E-state index contributed by atoms with van der Waals surface area (Å²) >= 11 is 1.52. The van der Waals surface area contributed by atoms with E-state index < -0.39 is 0 Å². The van der Waals surface area contributed by atoms with E-state index in [1.165, 1.54) is 88.4 Å². The Bertz CT molecular complexity index is 484. The van der Waals surface area contributed by atoms with Gasteiger partial charge in [0.2, 0.25) is 0 Å². The van der Waals surface area contributed by atoms with Crippen molar-refractivity contribution in [1.82, 2.24) is 10.3 Å². The van der Waals surface area contributed by atoms with E-state index >= 15 is 0 Å². The van der Waals surface area contributed by atoms with Crippen LogP contribution in [0.4, 0.5) is 0 Å². The normalized spacial score (nSPS) is 11.0. The van der Waals surface area contributed by atoms with E-state index in [1.807, 2.05) is 13.8 Å². The van der Waals surface area contributed by atoms with E-state index in [1.54, 1.807) is 0 Å². The van der Waals surface area contributed by atoms with E-state index in [2.05, 4.69) is 17.2 Å². The van der Waals surface area contributed by atoms with Crippen LogP contribution < -0.4 is 5.32 Å². The Morgan fingerprint density at radius 3 is 1.85 bits per heavy atom. The molecule has 1 N–H and O–H groups in total. The molecule has 1 aromatic rings. The largest absolute Gasteiger partial charge is 0.352 e. The molecule has 0 aliphatic heterocycles. The minimum Gasteiger partial charge on any atom is -0.352 e. The number of unbranched alkanes of at least 4 members (excludes halogenated alkanes) is 12. The van der Waals surface area contributed by atoms with Crippen molar-refractivity contribution < 1.29 is 4.79 Å². The Hall–Kier alpha value is -0.900. The number of amides is 1. The van der Waals surface area contributed by atoms with Gasteiger partial charge in [-0.2, -0.15) is 0 Å². The summed E-state index contributed by atoms with van der Waals surface area (Å²) < 4.78 is 0. The van der Waals surface area contributed by atoms with Gasteiger partial charge in [0.05, 0.1) is 10.7 Å². The molecule has 0 saturated carbocycles. The van der Waals surface area contributed by atoms with Crippen molar-refractivity contribution in [2.75, 3.05) is 6.54 Å². The van der Waals surface area contributed by atoms with Crippen molar-refractivity contribution in [2.24, 2.45) is 0 Å². The number of aromatic nitrogens is 1. The number of hydrogen-bond donors (Lipinski definition) is 1. The number of nitrogens with one attached hydrogen (secondary N) is 1. The van der Waals surface area contributed by atoms with Crippen molar-refractivity contribution in [2.45, 2.75) is 111 Å². The molecule has 0 aromatic carbocycles. The fourth-order valence-electron chi connectivity index (χ4n) is 3.37. The fraction of sp³-hybridized carbons (Fsp3) is 0.818. The number of nitrogens with zero attached hydrogens (tertiary/aromatic N) is 1. The SMILES string of the molecule is CCCCCCCCCCCCCCCc1nc(C)sc1C(=O)NCC. The van der Waals surface area contributed by atoms with Gasteiger partial charge in [0.15, 0.2) is 0 Å². The zero-order valence-corrected chi connectivity index (χ0v) is 18.2. The topological polar surface area (TPSA) is 42.0 Å². The van der Waals surface area contributed by atoms with Crippen LogP contribution in [0, 0.1) is 6.92 Å². The smallest absolute Gasteiger partial charge is 0.263 e. The summed E-state index contributed by atoms with van der Waals surface area (Å²) in [4.78, 5) is 17.5. The monoisotopic (exact) mass is 380 g/mol. The van der Waals surface area contributed by atoms with Gasteiger partial charge in [0.25, 0.3) is 5.91 Å². The number of rotatable bonds is 16. The lowest BCUT2D eigenvalue weighted by atomic mass is 10.0. The molecule has 3 nitrogen and oxygen atoms in total. The molecule has 0 radical (unpaired) electrons. The van der Waals surface area contributed by atoms with Crippen LogP contribution in [0.3, 0.4) is 0 Å². The summed E-state index contributed by atoms with van der Waals surface area (Å²) in [5.41, 5.74) is 1.00. The summed E-state index contributed by atoms with van der Waals surface area (Å²) in [5, 5.41) is 3.89. The predicted octanol–water partition coefficient (Wildman–Crippen LogP) is 6.83. The van der Waals surface area contributed by atoms with Crippen LogP contribution in [0.1, 0.15) is 118 Å². The van der Waals surface area contributed by atoms with E-state index in [0.29, 0.717) is 6.54 Å². The molecular formula is C22H40N2OS. The molecule has 4 heteroatoms. The zero-order valence-electron chi connectivity index (χ0n) is 17.4. The molecule has 1 heterocycles. The summed E-state index contributed by atoms with van der Waals surface area (Å²) in [5.74, 6) is 0.0443. The van der Waals surface area contributed by atoms with Crippen molar-refractivity contribution in [3.05, 3.63) is 15.6 Å². The standard InChI is InChI=1S/C22H40N2OS/c1-4-6-7-8-9-10-11-12-13-14-15-16-17-18-20-21(22(25)23-5-2)26-19(3)24-20/h4-18H2,1-3H3,(H,23,25). The van der Waals surface area contributed by atoms with Gasteiger partial charge in [-0.1, -0.05) is 84.0 Å². The van der Waals surface area contributed by atoms with Gasteiger partial charge >= 0.3 is 0 Å². The number of carbonyl (C=O) groups is 1. The van der Waals surface area contributed by atoms with Gasteiger partial charge in [-0.15, -0.1) is 11.3 Å². The number of aryl methyl sites for hydroxylation is 2. The Kier molecular flexibility index (Phi) is 13.5. The summed E-state index contributed by atoms with van der Waals surface area (Å²) in [6.45, 7) is 6.90. The van der Waals surface area contributed by atoms with E-state index in [-0.39, 0.29) is 5.91 Å². The van der Waals surface area contributed by atoms with Gasteiger partial charge in [-0.25, -0.2) is 4.98 Å². The fourth-order valence-corrected chi connectivity index (χ4v) is 4.25. The summed E-state index contributed by atoms with van der Waals surface area (Å²) in [6, 6.07) is 0. The first kappa shape index (κ1) is 23.1. The van der Waals surface area contributed by atoms with Crippen LogP contribution in [0.15, 0.2) is 0 Å². The number of carbonyl (C=O) groups excluding carboxylic acids is 1. The molecule has 1 rings (SSSR count). The number of hydrogen-bond acceptors (Lipinski definition) is 3. The van der Waals surface area contributed by atoms with Crippen LogP contribution in [0.5, 0.6) is 0 Å². The lowest BCUT2D eigenvalue weighted by Crippen LogP contribution is -2.22. The summed E-state index contributed by atoms with van der Waals surface area (Å²) in [7, 11) is 0. The van der Waals surface area contributed by atoms with Crippen LogP contribution in [-0.4, -0.2) is 17.4 Å². The van der Waals surface area contributed by atoms with Crippen LogP contribution in [0.2, 0.25) is 0 Å². The molecule has 0 bridgehead atoms. The van der Waals surface area contributed by atoms with Gasteiger partial charge in [0, 0.05) is 6.54 Å². The maximum Gasteiger partial charge on any atom is 0.263 e. The molecule has 150 valence electrons. The molecule has 0 aliphatic carbocycles. The number of thiazole rings is 1. The van der Waals surface area contributed by atoms with Crippen molar-refractivity contribution in [1.29, 1.82) is 0 Å². The third-order valence-electron chi connectivity index (χ3n) is 4.86. The van der Waals surface area contributed by atoms with E-state index in [0.717, 1.165) is 28.4 Å². The van der Waals surface area contributed by atoms with E-state index in [9.17, 15) is 4.79 Å². The molecule has 0 unspecified atom stereocenters. The second-order valence-corrected chi connectivity index (χ2v) is 8.56. The molecule has 0 atom stereocenters. The van der Waals surface area contributed by atoms with Crippen LogP contribution in [-0.2, 0) is 6.42 Å². The van der Waals surface area contributed by atoms with Gasteiger partial charge in [0.1, 0.15) is 4.88 Å². The third kappa shape index (κ3) is 10.3. The highest BCUT2D eigenvalue weighted by Crippen LogP contribution is 2.20. The second kappa shape index (κ2) is 15.2. The Labute approximate surface area is 165 Å². The predicted molar refractivity (Wildman–Crippen MR) is 114 cm³/mol. The van der Waals surface area contributed by atoms with Gasteiger partial charge in [-0.3, -0.25) is 4.79 Å². The van der Waals surface area contributed by atoms with Crippen LogP contribution in [0.25, 0.3) is 0 Å². The minimum absolute atomic E-state index is 0.0443. The highest BCUT2D eigenvalue weighted by Gasteiger charge is 2.15. The van der Waals surface area contributed by atoms with Crippen molar-refractivity contribution in [3.63, 3.8) is 0 Å². The average molecular weight is 381 g/mol. The van der Waals surface area contributed by atoms with Crippen LogP contribution >= 0.6 is 11.3 Å². The first-order valence-electron chi connectivity index (χ1n) is 10.9. The molecule has 1 amide bonds. The molecule has 0 aliphatic rings. The molecular weight excluding hydrogens is 340 g/mol. The Morgan fingerprint density at radius 2 is 1.35 bits per heavy atom. The van der Waals surface area contributed by atoms with E-state index in [4.69, 9.17) is 0 Å². The third-order valence-corrected chi connectivity index (χ3v) is 5.88.